The summed E-state index contributed by atoms with van der Waals surface area (Å²) in [6.07, 6.45) is 1.20. The van der Waals surface area contributed by atoms with Gasteiger partial charge in [0.1, 0.15) is 17.3 Å². The maximum Gasteiger partial charge on any atom is 0.342 e. The summed E-state index contributed by atoms with van der Waals surface area (Å²) in [5, 5.41) is 11.7. The Kier molecular flexibility index (Phi) is 8.66. The number of benzene rings is 4. The van der Waals surface area contributed by atoms with E-state index in [1.165, 1.54) is 0 Å². The summed E-state index contributed by atoms with van der Waals surface area (Å²) < 4.78 is 14.2. The molecule has 1 atom stereocenters. The predicted octanol–water partition coefficient (Wildman–Crippen LogP) is 5.72. The van der Waals surface area contributed by atoms with E-state index in [1.807, 2.05) is 117 Å². The van der Waals surface area contributed by atoms with Crippen molar-refractivity contribution in [2.45, 2.75) is 12.2 Å². The Hall–Kier alpha value is -4.86. The molecule has 9 heteroatoms. The third-order valence-corrected chi connectivity index (χ3v) is 7.75. The molecule has 1 N–H and O–H groups in total. The molecule has 1 aliphatic rings. The fourth-order valence-electron chi connectivity index (χ4n) is 4.90. The van der Waals surface area contributed by atoms with Crippen molar-refractivity contribution in [2.24, 2.45) is 0 Å². The smallest absolute Gasteiger partial charge is 0.342 e. The maximum atomic E-state index is 13.1. The zero-order valence-electron chi connectivity index (χ0n) is 24.4. The molecule has 0 radical (unpaired) electrons. The molecule has 8 nitrogen and oxygen atoms in total. The zero-order chi connectivity index (χ0) is 30.6. The molecule has 1 aliphatic heterocycles. The first-order valence-corrected chi connectivity index (χ1v) is 14.4. The molecule has 1 unspecified atom stereocenters. The quantitative estimate of drug-likeness (QED) is 0.189. The van der Waals surface area contributed by atoms with Gasteiger partial charge in [-0.15, -0.1) is 0 Å². The van der Waals surface area contributed by atoms with E-state index < -0.39 is 11.8 Å². The molecule has 1 aromatic heterocycles. The van der Waals surface area contributed by atoms with E-state index in [2.05, 4.69) is 8.75 Å². The number of fused-ring (bicyclic) bond motifs is 1. The average Bonchev–Trinajstić information content (AvgIpc) is 3.59. The van der Waals surface area contributed by atoms with Crippen LogP contribution in [0.25, 0.3) is 16.6 Å². The molecule has 0 aliphatic carbocycles. The van der Waals surface area contributed by atoms with Crippen LogP contribution in [0.3, 0.4) is 0 Å². The lowest BCUT2D eigenvalue weighted by molar-refractivity contribution is -0.185. The first-order chi connectivity index (χ1) is 20.7. The number of cyclic esters (lactones) is 1. The number of hydrogen-bond donors (Lipinski definition) is 1. The average molecular weight is 593 g/mol. The normalized spacial score (nSPS) is 16.0. The van der Waals surface area contributed by atoms with Crippen molar-refractivity contribution in [3.05, 3.63) is 125 Å². The molecule has 4 aromatic carbocycles. The van der Waals surface area contributed by atoms with E-state index in [9.17, 15) is 14.7 Å². The van der Waals surface area contributed by atoms with Crippen LogP contribution in [-0.4, -0.2) is 54.3 Å². The highest BCUT2D eigenvalue weighted by molar-refractivity contribution is 7.00. The van der Waals surface area contributed by atoms with Gasteiger partial charge in [0.2, 0.25) is 0 Å². The van der Waals surface area contributed by atoms with Gasteiger partial charge in [-0.3, -0.25) is 4.79 Å². The molecule has 0 saturated carbocycles. The van der Waals surface area contributed by atoms with Gasteiger partial charge in [0.15, 0.2) is 0 Å². The standard InChI is InChI=1S/C25H21N3O3S.C9H11NO/c1-28(2)19-10-6-7-16(13-19)14-20-23(17-11-12-21-22(15-17)27-32-26-21)24(29)31-25(20,30)18-8-4-3-5-9-18;1-10(2)9-5-3-4-8(6-9)7-11/h3-13,15,30H,14H2,1-2H3;3-7H,1-2H3. The van der Waals surface area contributed by atoms with Gasteiger partial charge in [-0.2, -0.15) is 8.75 Å². The molecule has 0 fully saturated rings. The van der Waals surface area contributed by atoms with Crippen LogP contribution in [0, 0.1) is 0 Å². The monoisotopic (exact) mass is 592 g/mol. The number of carbonyl (C=O) groups is 2. The summed E-state index contributed by atoms with van der Waals surface area (Å²) in [5.41, 5.74) is 7.28. The van der Waals surface area contributed by atoms with Crippen LogP contribution < -0.4 is 9.80 Å². The van der Waals surface area contributed by atoms with Crippen LogP contribution in [0.1, 0.15) is 27.0 Å². The second kappa shape index (κ2) is 12.6. The number of aromatic nitrogens is 2. The SMILES string of the molecule is CN(C)c1cccc(C=O)c1.CN(C)c1cccc(CC2=C(c3ccc4nsnc4c3)C(=O)OC2(O)c2ccccc2)c1. The first kappa shape index (κ1) is 29.6. The third kappa shape index (κ3) is 6.33. The molecule has 43 heavy (non-hydrogen) atoms. The number of aldehydes is 1. The fraction of sp³-hybridized carbons (Fsp3) is 0.176. The minimum Gasteiger partial charge on any atom is -0.421 e. The lowest BCUT2D eigenvalue weighted by Crippen LogP contribution is -2.29. The molecular weight excluding hydrogens is 560 g/mol. The number of nitrogens with zero attached hydrogens (tertiary/aromatic N) is 4. The number of rotatable bonds is 7. The van der Waals surface area contributed by atoms with Crippen LogP contribution in [0.5, 0.6) is 0 Å². The molecule has 2 heterocycles. The second-order valence-electron chi connectivity index (χ2n) is 10.6. The molecule has 6 rings (SSSR count). The Morgan fingerprint density at radius 3 is 2.19 bits per heavy atom. The van der Waals surface area contributed by atoms with Gasteiger partial charge in [-0.1, -0.05) is 60.7 Å². The minimum absolute atomic E-state index is 0.349. The Labute approximate surface area is 254 Å². The van der Waals surface area contributed by atoms with E-state index >= 15 is 0 Å². The second-order valence-corrected chi connectivity index (χ2v) is 11.1. The molecule has 5 aromatic rings. The van der Waals surface area contributed by atoms with Crippen molar-refractivity contribution in [3.8, 4) is 0 Å². The number of carbonyl (C=O) groups excluding carboxylic acids is 2. The van der Waals surface area contributed by atoms with Crippen LogP contribution in [0.4, 0.5) is 11.4 Å². The van der Waals surface area contributed by atoms with Gasteiger partial charge < -0.3 is 19.6 Å². The van der Waals surface area contributed by atoms with Crippen molar-refractivity contribution in [1.82, 2.24) is 8.75 Å². The van der Waals surface area contributed by atoms with Crippen LogP contribution >= 0.6 is 11.7 Å². The Bertz CT molecular complexity index is 1800. The highest BCUT2D eigenvalue weighted by Crippen LogP contribution is 2.45. The summed E-state index contributed by atoms with van der Waals surface area (Å²) in [6, 6.07) is 30.0. The number of ether oxygens (including phenoxy) is 1. The molecule has 0 spiro atoms. The van der Waals surface area contributed by atoms with Crippen LogP contribution in [0.2, 0.25) is 0 Å². The molecule has 0 saturated heterocycles. The molecule has 0 bridgehead atoms. The van der Waals surface area contributed by atoms with Gasteiger partial charge >= 0.3 is 5.97 Å². The minimum atomic E-state index is -1.85. The zero-order valence-corrected chi connectivity index (χ0v) is 25.2. The number of anilines is 2. The Morgan fingerprint density at radius 1 is 0.814 bits per heavy atom. The maximum absolute atomic E-state index is 13.1. The summed E-state index contributed by atoms with van der Waals surface area (Å²) in [6.45, 7) is 0. The highest BCUT2D eigenvalue weighted by Gasteiger charge is 2.48. The number of aliphatic hydroxyl groups is 1. The highest BCUT2D eigenvalue weighted by atomic mass is 32.1. The van der Waals surface area contributed by atoms with Crippen molar-refractivity contribution in [1.29, 1.82) is 0 Å². The van der Waals surface area contributed by atoms with Gasteiger partial charge in [0, 0.05) is 62.7 Å². The molecule has 218 valence electrons. The van der Waals surface area contributed by atoms with Crippen LogP contribution in [-0.2, 0) is 21.7 Å². The summed E-state index contributed by atoms with van der Waals surface area (Å²) in [4.78, 5) is 27.5. The Balaban J connectivity index is 0.000000283. The van der Waals surface area contributed by atoms with E-state index in [0.29, 0.717) is 34.2 Å². The van der Waals surface area contributed by atoms with Gasteiger partial charge in [-0.25, -0.2) is 4.79 Å². The first-order valence-electron chi connectivity index (χ1n) is 13.7. The van der Waals surface area contributed by atoms with Gasteiger partial charge in [0.05, 0.1) is 17.3 Å². The molecule has 0 amide bonds. The number of esters is 1. The van der Waals surface area contributed by atoms with Crippen molar-refractivity contribution in [3.63, 3.8) is 0 Å². The molecular formula is C34H32N4O4S. The van der Waals surface area contributed by atoms with Crippen molar-refractivity contribution < 1.29 is 19.4 Å². The topological polar surface area (TPSA) is 95.9 Å². The third-order valence-electron chi connectivity index (χ3n) is 7.19. The van der Waals surface area contributed by atoms with Gasteiger partial charge in [-0.05, 0) is 47.5 Å². The van der Waals surface area contributed by atoms with Crippen molar-refractivity contribution in [2.75, 3.05) is 38.0 Å². The van der Waals surface area contributed by atoms with Crippen LogP contribution in [0.15, 0.2) is 103 Å². The lowest BCUT2D eigenvalue weighted by Gasteiger charge is -2.26. The fourth-order valence-corrected chi connectivity index (χ4v) is 5.42. The van der Waals surface area contributed by atoms with E-state index in [0.717, 1.165) is 46.0 Å². The van der Waals surface area contributed by atoms with E-state index in [4.69, 9.17) is 4.74 Å². The van der Waals surface area contributed by atoms with E-state index in [-0.39, 0.29) is 0 Å². The summed E-state index contributed by atoms with van der Waals surface area (Å²) in [5.74, 6) is -2.41. The summed E-state index contributed by atoms with van der Waals surface area (Å²) in [7, 11) is 7.85. The van der Waals surface area contributed by atoms with E-state index in [1.54, 1.807) is 18.2 Å². The van der Waals surface area contributed by atoms with Crippen molar-refractivity contribution >= 4 is 52.0 Å². The predicted molar refractivity (Wildman–Crippen MR) is 171 cm³/mol. The van der Waals surface area contributed by atoms with Gasteiger partial charge in [0.25, 0.3) is 5.79 Å². The number of hydrogen-bond acceptors (Lipinski definition) is 9. The summed E-state index contributed by atoms with van der Waals surface area (Å²) >= 11 is 1.12. The largest absolute Gasteiger partial charge is 0.421 e. The lowest BCUT2D eigenvalue weighted by atomic mass is 9.88. The Morgan fingerprint density at radius 2 is 1.49 bits per heavy atom.